The van der Waals surface area contributed by atoms with E-state index in [1.54, 1.807) is 0 Å². The van der Waals surface area contributed by atoms with Gasteiger partial charge in [0.25, 0.3) is 0 Å². The molecule has 5 nitrogen and oxygen atoms in total. The zero-order chi connectivity index (χ0) is 22.3. The number of nitrogens with zero attached hydrogens (tertiary/aromatic N) is 2. The second-order valence-electron chi connectivity index (χ2n) is 8.16. The summed E-state index contributed by atoms with van der Waals surface area (Å²) in [4.78, 5) is 16.9. The van der Waals surface area contributed by atoms with E-state index in [0.29, 0.717) is 0 Å². The van der Waals surface area contributed by atoms with Crippen LogP contribution in [0.15, 0.2) is 0 Å². The largest absolute Gasteiger partial charge is 0.786 e. The highest BCUT2D eigenvalue weighted by molar-refractivity contribution is 7.42. The molecule has 0 saturated heterocycles. The first-order chi connectivity index (χ1) is 12.2. The Labute approximate surface area is 169 Å². The van der Waals surface area contributed by atoms with Gasteiger partial charge in [-0.1, -0.05) is 27.7 Å². The van der Waals surface area contributed by atoms with Gasteiger partial charge in [-0.3, -0.25) is 0 Å². The van der Waals surface area contributed by atoms with Crippen LogP contribution >= 0.6 is 7.91 Å². The van der Waals surface area contributed by atoms with Crippen LogP contribution in [-0.4, -0.2) is 61.3 Å². The Hall–Kier alpha value is -0.0000000000000000555. The van der Waals surface area contributed by atoms with Gasteiger partial charge in [-0.2, -0.15) is 0 Å². The minimum Gasteiger partial charge on any atom is -0.786 e. The lowest BCUT2D eigenvalue weighted by Gasteiger charge is -2.37. The van der Waals surface area contributed by atoms with E-state index in [0.717, 1.165) is 11.8 Å². The molecule has 0 bridgehead atoms. The summed E-state index contributed by atoms with van der Waals surface area (Å²) in [5, 5.41) is 0. The van der Waals surface area contributed by atoms with E-state index in [9.17, 15) is 4.20 Å². The van der Waals surface area contributed by atoms with Gasteiger partial charge in [-0.15, -0.1) is 0 Å². The molecule has 0 aliphatic carbocycles. The highest BCUT2D eigenvalue weighted by atomic mass is 31.2. The quantitative estimate of drug-likeness (QED) is 0.403. The second kappa shape index (κ2) is 15.9. The van der Waals surface area contributed by atoms with Gasteiger partial charge < -0.3 is 23.3 Å². The van der Waals surface area contributed by atoms with Crippen molar-refractivity contribution in [2.45, 2.75) is 69.2 Å². The summed E-state index contributed by atoms with van der Waals surface area (Å²) in [5.41, 5.74) is 0. The van der Waals surface area contributed by atoms with E-state index in [2.05, 4.69) is 69.2 Å². The van der Waals surface area contributed by atoms with Gasteiger partial charge in [0.1, 0.15) is 7.91 Å². The molecule has 0 spiro atoms. The van der Waals surface area contributed by atoms with Crippen molar-refractivity contribution in [1.82, 2.24) is 0 Å². The summed E-state index contributed by atoms with van der Waals surface area (Å²) in [5.74, 6) is 1.66. The van der Waals surface area contributed by atoms with Crippen LogP contribution in [0.2, 0.25) is 0 Å². The van der Waals surface area contributed by atoms with Gasteiger partial charge in [0, 0.05) is 11.8 Å². The number of hydrogen-bond donors (Lipinski definition) is 0. The first-order valence-corrected chi connectivity index (χ1v) is 12.0. The molecular formula is C20H48FN2O3P. The lowest BCUT2D eigenvalue weighted by Crippen LogP contribution is -2.49. The van der Waals surface area contributed by atoms with E-state index in [-0.39, 0.29) is 0 Å². The molecule has 0 aromatic carbocycles. The summed E-state index contributed by atoms with van der Waals surface area (Å²) in [6.45, 7) is 33.4. The summed E-state index contributed by atoms with van der Waals surface area (Å²) in [6, 6.07) is 0. The van der Waals surface area contributed by atoms with Gasteiger partial charge in [0.05, 0.1) is 52.4 Å². The molecule has 0 atom stereocenters. The zero-order valence-electron chi connectivity index (χ0n) is 19.8. The molecule has 0 fully saturated rings. The Morgan fingerprint density at radius 3 is 0.852 bits per heavy atom. The van der Waals surface area contributed by atoms with Crippen LogP contribution in [0.3, 0.4) is 0 Å². The maximum absolute atomic E-state index is 10.1. The molecule has 0 rings (SSSR count). The van der Waals surface area contributed by atoms with Gasteiger partial charge in [0.15, 0.2) is 0 Å². The molecule has 0 aliphatic heterocycles. The van der Waals surface area contributed by atoms with E-state index in [1.165, 1.54) is 61.3 Å². The molecular weight excluding hydrogens is 366 g/mol. The molecule has 0 aromatic rings. The first-order valence-electron chi connectivity index (χ1n) is 10.6. The predicted molar refractivity (Wildman–Crippen MR) is 112 cm³/mol. The van der Waals surface area contributed by atoms with E-state index < -0.39 is 7.91 Å². The molecule has 27 heavy (non-hydrogen) atoms. The molecule has 0 N–H and O–H groups in total. The zero-order valence-corrected chi connectivity index (χ0v) is 20.7. The van der Waals surface area contributed by atoms with Crippen molar-refractivity contribution in [3.63, 3.8) is 0 Å². The second-order valence-corrected chi connectivity index (χ2v) is 9.03. The molecule has 0 amide bonds. The molecule has 0 radical (unpaired) electrons. The number of quaternary nitrogens is 2. The summed E-state index contributed by atoms with van der Waals surface area (Å²) in [6.07, 6.45) is 0. The van der Waals surface area contributed by atoms with Gasteiger partial charge >= 0.3 is 0 Å². The highest BCUT2D eigenvalue weighted by Gasteiger charge is 2.22. The molecule has 0 aromatic heterocycles. The molecule has 7 heteroatoms. The average molecular weight is 415 g/mol. The predicted octanol–water partition coefficient (Wildman–Crippen LogP) is 3.82. The lowest BCUT2D eigenvalue weighted by atomic mass is 10.1. The molecule has 0 saturated carbocycles. The number of hydrogen-bond acceptors (Lipinski definition) is 3. The van der Waals surface area contributed by atoms with Crippen LogP contribution in [-0.2, 0) is 4.57 Å². The minimum atomic E-state index is -5.64. The van der Waals surface area contributed by atoms with Crippen LogP contribution in [0, 0.1) is 11.8 Å². The van der Waals surface area contributed by atoms with Gasteiger partial charge in [-0.05, 0) is 41.5 Å². The topological polar surface area (TPSA) is 63.2 Å². The normalized spacial score (nSPS) is 12.4. The fourth-order valence-electron chi connectivity index (χ4n) is 3.67. The molecule has 0 heterocycles. The first kappa shape index (κ1) is 31.7. The summed E-state index contributed by atoms with van der Waals surface area (Å²) >= 11 is 0. The lowest BCUT2D eigenvalue weighted by molar-refractivity contribution is -0.926. The number of halogens is 1. The fourth-order valence-corrected chi connectivity index (χ4v) is 3.67. The fraction of sp³-hybridized carbons (Fsp3) is 1.00. The van der Waals surface area contributed by atoms with Crippen LogP contribution in [0.4, 0.5) is 4.20 Å². The Kier molecular flexibility index (Phi) is 18.6. The van der Waals surface area contributed by atoms with Crippen LogP contribution in [0.5, 0.6) is 0 Å². The van der Waals surface area contributed by atoms with Crippen molar-refractivity contribution in [2.24, 2.45) is 11.8 Å². The van der Waals surface area contributed by atoms with Crippen molar-refractivity contribution in [3.05, 3.63) is 0 Å². The van der Waals surface area contributed by atoms with E-state index >= 15 is 0 Å². The van der Waals surface area contributed by atoms with Crippen molar-refractivity contribution >= 4 is 7.91 Å². The SMILES string of the molecule is CC[N+](CC)(CC)CC(C)C.CC[N+](CC)(CC)CC(C)C.O=P([O-])([O-])F. The van der Waals surface area contributed by atoms with Crippen molar-refractivity contribution in [3.8, 4) is 0 Å². The third kappa shape index (κ3) is 19.1. The van der Waals surface area contributed by atoms with E-state index in [1.807, 2.05) is 0 Å². The third-order valence-electron chi connectivity index (χ3n) is 5.53. The standard InChI is InChI=1S/2C10H24N.FH2O3P/c2*1-6-11(7-2,8-3)9-10(4)5;1-5(2,3)4/h2*10H,6-9H2,1-5H3;(H2,2,3,4)/q2*+1;/p-2. The number of rotatable bonds is 10. The van der Waals surface area contributed by atoms with Crippen molar-refractivity contribution < 1.29 is 27.5 Å². The van der Waals surface area contributed by atoms with Gasteiger partial charge in [0.2, 0.25) is 0 Å². The van der Waals surface area contributed by atoms with Crippen LogP contribution in [0.1, 0.15) is 69.2 Å². The Morgan fingerprint density at radius 1 is 0.667 bits per heavy atom. The Bertz CT molecular complexity index is 329. The average Bonchev–Trinajstić information content (AvgIpc) is 2.56. The third-order valence-corrected chi connectivity index (χ3v) is 5.53. The maximum atomic E-state index is 10.1. The minimum absolute atomic E-state index is 0.829. The van der Waals surface area contributed by atoms with Crippen molar-refractivity contribution in [1.29, 1.82) is 0 Å². The summed E-state index contributed by atoms with van der Waals surface area (Å²) < 4.78 is 21.1. The highest BCUT2D eigenvalue weighted by Crippen LogP contribution is 2.22. The van der Waals surface area contributed by atoms with Gasteiger partial charge in [-0.25, -0.2) is 4.20 Å². The van der Waals surface area contributed by atoms with E-state index in [4.69, 9.17) is 14.4 Å². The molecule has 0 unspecified atom stereocenters. The monoisotopic (exact) mass is 414 g/mol. The smallest absolute Gasteiger partial charge is 0.110 e. The molecule has 168 valence electrons. The summed E-state index contributed by atoms with van der Waals surface area (Å²) in [7, 11) is -5.64. The Morgan fingerprint density at radius 2 is 0.815 bits per heavy atom. The Balaban J connectivity index is -0.000000344. The van der Waals surface area contributed by atoms with Crippen LogP contribution in [0.25, 0.3) is 0 Å². The van der Waals surface area contributed by atoms with Crippen molar-refractivity contribution in [2.75, 3.05) is 52.4 Å². The van der Waals surface area contributed by atoms with Crippen LogP contribution < -0.4 is 9.79 Å². The maximum Gasteiger partial charge on any atom is 0.110 e. The molecule has 0 aliphatic rings.